The third-order valence-electron chi connectivity index (χ3n) is 5.38. The smallest absolute Gasteiger partial charge is 0.262 e. The van der Waals surface area contributed by atoms with Gasteiger partial charge in [-0.1, -0.05) is 17.3 Å². The monoisotopic (exact) mass is 432 g/mol. The molecule has 1 N–H and O–H groups in total. The van der Waals surface area contributed by atoms with Gasteiger partial charge >= 0.3 is 0 Å². The van der Waals surface area contributed by atoms with Crippen molar-refractivity contribution in [3.8, 4) is 23.0 Å². The molecule has 32 heavy (non-hydrogen) atoms. The van der Waals surface area contributed by atoms with Crippen LogP contribution >= 0.6 is 0 Å². The Morgan fingerprint density at radius 1 is 1.06 bits per heavy atom. The Hall–Kier alpha value is -4.41. The number of aromatic nitrogens is 4. The van der Waals surface area contributed by atoms with Gasteiger partial charge in [0.1, 0.15) is 11.7 Å². The molecule has 5 rings (SSSR count). The van der Waals surface area contributed by atoms with E-state index in [4.69, 9.17) is 4.74 Å². The highest BCUT2D eigenvalue weighted by molar-refractivity contribution is 6.23. The number of nitrogens with zero attached hydrogens (tertiary/aromatic N) is 5. The Bertz CT molecular complexity index is 1300. The molecule has 1 aromatic carbocycles. The second-order valence-electron chi connectivity index (χ2n) is 7.29. The number of carbonyl (C=O) groups excluding carboxylic acids is 4. The van der Waals surface area contributed by atoms with Gasteiger partial charge in [-0.2, -0.15) is 4.98 Å². The topological polar surface area (TPSA) is 136 Å². The Labute approximate surface area is 181 Å². The van der Waals surface area contributed by atoms with Crippen molar-refractivity contribution in [2.45, 2.75) is 18.9 Å². The zero-order valence-corrected chi connectivity index (χ0v) is 16.8. The van der Waals surface area contributed by atoms with Crippen molar-refractivity contribution in [1.82, 2.24) is 30.2 Å². The fraction of sp³-hybridized carbons (Fsp3) is 0.190. The zero-order valence-electron chi connectivity index (χ0n) is 16.8. The van der Waals surface area contributed by atoms with Crippen molar-refractivity contribution in [1.29, 1.82) is 0 Å². The average Bonchev–Trinajstić information content (AvgIpc) is 3.38. The number of imide groups is 2. The van der Waals surface area contributed by atoms with Crippen LogP contribution in [0.3, 0.4) is 0 Å². The first-order chi connectivity index (χ1) is 15.5. The van der Waals surface area contributed by atoms with Gasteiger partial charge in [-0.3, -0.25) is 29.4 Å². The number of methoxy groups -OCH3 is 1. The van der Waals surface area contributed by atoms with Crippen molar-refractivity contribution in [2.75, 3.05) is 7.11 Å². The number of nitrogens with one attached hydrogen (secondary N) is 1. The minimum absolute atomic E-state index is 0.0659. The maximum Gasteiger partial charge on any atom is 0.262 e. The minimum atomic E-state index is -1.01. The van der Waals surface area contributed by atoms with E-state index in [0.29, 0.717) is 23.0 Å². The molecular weight excluding hydrogens is 416 g/mol. The summed E-state index contributed by atoms with van der Waals surface area (Å²) in [4.78, 5) is 54.6. The Balaban J connectivity index is 1.45. The molecule has 4 amide bonds. The summed E-state index contributed by atoms with van der Waals surface area (Å²) in [6.07, 6.45) is 1.81. The fourth-order valence-electron chi connectivity index (χ4n) is 3.78. The van der Waals surface area contributed by atoms with E-state index in [1.54, 1.807) is 36.5 Å². The van der Waals surface area contributed by atoms with E-state index in [-0.39, 0.29) is 24.0 Å². The van der Waals surface area contributed by atoms with Crippen molar-refractivity contribution in [3.63, 3.8) is 0 Å². The predicted octanol–water partition coefficient (Wildman–Crippen LogP) is 0.739. The van der Waals surface area contributed by atoms with E-state index in [1.165, 1.54) is 17.9 Å². The second kappa shape index (κ2) is 7.38. The van der Waals surface area contributed by atoms with Crippen molar-refractivity contribution in [2.24, 2.45) is 0 Å². The van der Waals surface area contributed by atoms with E-state index in [1.807, 2.05) is 0 Å². The highest BCUT2D eigenvalue weighted by Crippen LogP contribution is 2.30. The SMILES string of the molecule is COc1cccc(-n2cc(-c3ccc4c(c3)C(=O)N(C3CCC(=O)NC3=O)C4=O)nn2)n1. The van der Waals surface area contributed by atoms with Gasteiger partial charge in [0.15, 0.2) is 5.82 Å². The number of hydrogen-bond donors (Lipinski definition) is 1. The average molecular weight is 432 g/mol. The van der Waals surface area contributed by atoms with Gasteiger partial charge in [0, 0.05) is 18.1 Å². The molecule has 160 valence electrons. The Kier molecular flexibility index (Phi) is 4.51. The predicted molar refractivity (Wildman–Crippen MR) is 108 cm³/mol. The van der Waals surface area contributed by atoms with Crippen LogP contribution < -0.4 is 10.1 Å². The first kappa shape index (κ1) is 19.5. The van der Waals surface area contributed by atoms with Gasteiger partial charge in [-0.25, -0.2) is 4.68 Å². The molecule has 0 saturated carbocycles. The maximum absolute atomic E-state index is 13.0. The van der Waals surface area contributed by atoms with Crippen LogP contribution in [-0.4, -0.2) is 61.7 Å². The molecule has 0 aliphatic carbocycles. The number of benzene rings is 1. The van der Waals surface area contributed by atoms with Crippen LogP contribution in [-0.2, 0) is 9.59 Å². The molecule has 2 aliphatic rings. The molecule has 4 heterocycles. The van der Waals surface area contributed by atoms with Crippen LogP contribution in [0.25, 0.3) is 17.1 Å². The lowest BCUT2D eigenvalue weighted by Gasteiger charge is -2.27. The van der Waals surface area contributed by atoms with Crippen LogP contribution in [0.2, 0.25) is 0 Å². The molecular formula is C21H16N6O5. The molecule has 1 unspecified atom stereocenters. The summed E-state index contributed by atoms with van der Waals surface area (Å²) < 4.78 is 6.59. The maximum atomic E-state index is 13.0. The third-order valence-corrected chi connectivity index (χ3v) is 5.38. The number of ether oxygens (including phenoxy) is 1. The van der Waals surface area contributed by atoms with Gasteiger partial charge in [0.25, 0.3) is 11.8 Å². The fourth-order valence-corrected chi connectivity index (χ4v) is 3.78. The summed E-state index contributed by atoms with van der Waals surface area (Å²) in [6, 6.07) is 8.94. The molecule has 2 aliphatic heterocycles. The van der Waals surface area contributed by atoms with Crippen LogP contribution in [0.4, 0.5) is 0 Å². The first-order valence-electron chi connectivity index (χ1n) is 9.76. The van der Waals surface area contributed by atoms with Gasteiger partial charge < -0.3 is 4.74 Å². The number of hydrogen-bond acceptors (Lipinski definition) is 8. The van der Waals surface area contributed by atoms with E-state index < -0.39 is 29.7 Å². The molecule has 0 bridgehead atoms. The van der Waals surface area contributed by atoms with E-state index in [0.717, 1.165) is 4.90 Å². The molecule has 0 radical (unpaired) electrons. The number of piperidine rings is 1. The lowest BCUT2D eigenvalue weighted by Crippen LogP contribution is -2.54. The normalized spacial score (nSPS) is 18.0. The van der Waals surface area contributed by atoms with Crippen LogP contribution in [0, 0.1) is 0 Å². The summed E-state index contributed by atoms with van der Waals surface area (Å²) >= 11 is 0. The summed E-state index contributed by atoms with van der Waals surface area (Å²) in [5.41, 5.74) is 1.41. The lowest BCUT2D eigenvalue weighted by atomic mass is 10.0. The van der Waals surface area contributed by atoms with Crippen LogP contribution in [0.5, 0.6) is 5.88 Å². The summed E-state index contributed by atoms with van der Waals surface area (Å²) in [5, 5.41) is 10.4. The van der Waals surface area contributed by atoms with Gasteiger partial charge in [-0.15, -0.1) is 5.10 Å². The molecule has 11 nitrogen and oxygen atoms in total. The van der Waals surface area contributed by atoms with E-state index in [2.05, 4.69) is 20.6 Å². The number of pyridine rings is 1. The quantitative estimate of drug-likeness (QED) is 0.596. The van der Waals surface area contributed by atoms with Crippen LogP contribution in [0.1, 0.15) is 33.6 Å². The highest BCUT2D eigenvalue weighted by Gasteiger charge is 2.44. The number of amides is 4. The van der Waals surface area contributed by atoms with Gasteiger partial charge in [-0.05, 0) is 24.6 Å². The molecule has 1 atom stereocenters. The minimum Gasteiger partial charge on any atom is -0.481 e. The molecule has 2 aromatic heterocycles. The lowest BCUT2D eigenvalue weighted by molar-refractivity contribution is -0.136. The van der Waals surface area contributed by atoms with Crippen molar-refractivity contribution >= 4 is 23.6 Å². The van der Waals surface area contributed by atoms with Crippen LogP contribution in [0.15, 0.2) is 42.6 Å². The second-order valence-corrected chi connectivity index (χ2v) is 7.29. The molecule has 0 spiro atoms. The molecule has 1 fully saturated rings. The highest BCUT2D eigenvalue weighted by atomic mass is 16.5. The summed E-state index contributed by atoms with van der Waals surface area (Å²) in [7, 11) is 1.51. The van der Waals surface area contributed by atoms with E-state index in [9.17, 15) is 19.2 Å². The number of carbonyl (C=O) groups is 4. The van der Waals surface area contributed by atoms with Crippen molar-refractivity contribution in [3.05, 3.63) is 53.7 Å². The van der Waals surface area contributed by atoms with Crippen molar-refractivity contribution < 1.29 is 23.9 Å². The summed E-state index contributed by atoms with van der Waals surface area (Å²) in [5.74, 6) is -1.28. The molecule has 3 aromatic rings. The summed E-state index contributed by atoms with van der Waals surface area (Å²) in [6.45, 7) is 0. The molecule has 1 saturated heterocycles. The Morgan fingerprint density at radius 3 is 2.66 bits per heavy atom. The standard InChI is InChI=1S/C21H16N6O5/c1-32-18-4-2-3-16(22-18)26-10-14(24-25-26)11-5-6-12-13(9-11)21(31)27(20(12)30)15-7-8-17(28)23-19(15)29/h2-6,9-10,15H,7-8H2,1H3,(H,23,28,29). The van der Waals surface area contributed by atoms with E-state index >= 15 is 0 Å². The first-order valence-corrected chi connectivity index (χ1v) is 9.76. The number of fused-ring (bicyclic) bond motifs is 1. The van der Waals surface area contributed by atoms with Gasteiger partial charge in [0.2, 0.25) is 17.7 Å². The third kappa shape index (κ3) is 3.11. The number of rotatable bonds is 4. The zero-order chi connectivity index (χ0) is 22.4. The Morgan fingerprint density at radius 2 is 1.88 bits per heavy atom. The molecule has 11 heteroatoms. The largest absolute Gasteiger partial charge is 0.481 e. The van der Waals surface area contributed by atoms with Gasteiger partial charge in [0.05, 0.1) is 24.4 Å².